The van der Waals surface area contributed by atoms with Gasteiger partial charge in [-0.05, 0) is 13.8 Å². The lowest BCUT2D eigenvalue weighted by atomic mass is 10.0. The molecule has 0 amide bonds. The molecule has 2 fully saturated rings. The maximum atomic E-state index is 11.4. The lowest BCUT2D eigenvalue weighted by Gasteiger charge is -2.40. The number of morpholine rings is 1. The van der Waals surface area contributed by atoms with E-state index in [1.165, 1.54) is 0 Å². The molecule has 116 valence electrons. The molecule has 1 spiro atoms. The molecule has 8 heteroatoms. The summed E-state index contributed by atoms with van der Waals surface area (Å²) in [5, 5.41) is 15.7. The lowest BCUT2D eigenvalue weighted by Crippen LogP contribution is -2.53. The van der Waals surface area contributed by atoms with E-state index in [1.54, 1.807) is 11.6 Å². The molecule has 2 aliphatic rings. The minimum Gasteiger partial charge on any atom is -0.378 e. The summed E-state index contributed by atoms with van der Waals surface area (Å²) < 4.78 is 13.1. The van der Waals surface area contributed by atoms with Crippen molar-refractivity contribution < 1.29 is 14.4 Å². The summed E-state index contributed by atoms with van der Waals surface area (Å²) in [7, 11) is 0. The van der Waals surface area contributed by atoms with Gasteiger partial charge in [0, 0.05) is 26.1 Å². The van der Waals surface area contributed by atoms with Gasteiger partial charge < -0.3 is 14.4 Å². The standard InChI is InChI=1S/C13H20N4O4/c1-3-16-12(11(17(18)19)10(2)14-16)15-5-7-21-13(8-15)4-6-20-9-13/h3-9H2,1-2H3. The van der Waals surface area contributed by atoms with Crippen LogP contribution in [0.2, 0.25) is 0 Å². The molecule has 21 heavy (non-hydrogen) atoms. The first-order chi connectivity index (χ1) is 10.1. The molecule has 3 rings (SSSR count). The number of rotatable bonds is 3. The van der Waals surface area contributed by atoms with Crippen LogP contribution in [0.4, 0.5) is 11.5 Å². The van der Waals surface area contributed by atoms with Crippen molar-refractivity contribution in [3.8, 4) is 0 Å². The fraction of sp³-hybridized carbons (Fsp3) is 0.769. The second kappa shape index (κ2) is 5.27. The zero-order chi connectivity index (χ0) is 15.0. The molecule has 0 aromatic carbocycles. The molecular weight excluding hydrogens is 276 g/mol. The zero-order valence-electron chi connectivity index (χ0n) is 12.4. The number of nitrogens with zero attached hydrogens (tertiary/aromatic N) is 4. The van der Waals surface area contributed by atoms with E-state index >= 15 is 0 Å². The van der Waals surface area contributed by atoms with Crippen LogP contribution in [-0.4, -0.2) is 53.2 Å². The van der Waals surface area contributed by atoms with E-state index in [2.05, 4.69) is 5.10 Å². The molecule has 0 N–H and O–H groups in total. The van der Waals surface area contributed by atoms with E-state index in [-0.39, 0.29) is 16.2 Å². The lowest BCUT2D eigenvalue weighted by molar-refractivity contribution is -0.384. The molecular formula is C13H20N4O4. The molecule has 0 radical (unpaired) electrons. The SMILES string of the molecule is CCn1nc(C)c([N+](=O)[O-])c1N1CCOC2(CCOC2)C1. The van der Waals surface area contributed by atoms with E-state index in [0.29, 0.717) is 51.0 Å². The number of hydrogen-bond donors (Lipinski definition) is 0. The number of ether oxygens (including phenoxy) is 2. The van der Waals surface area contributed by atoms with Crippen LogP contribution >= 0.6 is 0 Å². The van der Waals surface area contributed by atoms with Crippen LogP contribution in [0.5, 0.6) is 0 Å². The number of anilines is 1. The molecule has 0 aliphatic carbocycles. The van der Waals surface area contributed by atoms with Gasteiger partial charge in [-0.25, -0.2) is 4.68 Å². The van der Waals surface area contributed by atoms with Crippen LogP contribution in [0.3, 0.4) is 0 Å². The summed E-state index contributed by atoms with van der Waals surface area (Å²) >= 11 is 0. The third-order valence-electron chi connectivity index (χ3n) is 4.17. The van der Waals surface area contributed by atoms with Gasteiger partial charge >= 0.3 is 5.69 Å². The summed E-state index contributed by atoms with van der Waals surface area (Å²) in [6.07, 6.45) is 0.830. The molecule has 0 saturated carbocycles. The van der Waals surface area contributed by atoms with Gasteiger partial charge in [0.15, 0.2) is 0 Å². The van der Waals surface area contributed by atoms with Gasteiger partial charge in [-0.3, -0.25) is 10.1 Å². The molecule has 3 heterocycles. The van der Waals surface area contributed by atoms with Crippen molar-refractivity contribution in [3.63, 3.8) is 0 Å². The Bertz CT molecular complexity index is 551. The van der Waals surface area contributed by atoms with Gasteiger partial charge in [0.2, 0.25) is 5.82 Å². The predicted molar refractivity (Wildman–Crippen MR) is 75.6 cm³/mol. The van der Waals surface area contributed by atoms with Crippen molar-refractivity contribution in [1.82, 2.24) is 9.78 Å². The van der Waals surface area contributed by atoms with Crippen molar-refractivity contribution in [1.29, 1.82) is 0 Å². The van der Waals surface area contributed by atoms with Crippen molar-refractivity contribution in [3.05, 3.63) is 15.8 Å². The number of nitro groups is 1. The summed E-state index contributed by atoms with van der Waals surface area (Å²) in [4.78, 5) is 13.1. The first-order valence-electron chi connectivity index (χ1n) is 7.25. The molecule has 0 bridgehead atoms. The van der Waals surface area contributed by atoms with Gasteiger partial charge in [-0.2, -0.15) is 5.10 Å². The Labute approximate surface area is 122 Å². The highest BCUT2D eigenvalue weighted by atomic mass is 16.6. The van der Waals surface area contributed by atoms with Gasteiger partial charge in [0.25, 0.3) is 0 Å². The fourth-order valence-corrected chi connectivity index (χ4v) is 3.16. The normalized spacial score (nSPS) is 25.7. The first-order valence-corrected chi connectivity index (χ1v) is 7.25. The number of aryl methyl sites for hydroxylation is 2. The monoisotopic (exact) mass is 296 g/mol. The molecule has 2 saturated heterocycles. The van der Waals surface area contributed by atoms with Gasteiger partial charge in [-0.15, -0.1) is 0 Å². The van der Waals surface area contributed by atoms with Crippen molar-refractivity contribution >= 4 is 11.5 Å². The van der Waals surface area contributed by atoms with Crippen LogP contribution < -0.4 is 4.90 Å². The third kappa shape index (κ3) is 2.38. The smallest absolute Gasteiger partial charge is 0.333 e. The van der Waals surface area contributed by atoms with Crippen molar-refractivity contribution in [2.24, 2.45) is 0 Å². The van der Waals surface area contributed by atoms with E-state index in [4.69, 9.17) is 9.47 Å². The van der Waals surface area contributed by atoms with Gasteiger partial charge in [0.05, 0.1) is 24.7 Å². The molecule has 1 aromatic heterocycles. The van der Waals surface area contributed by atoms with E-state index < -0.39 is 0 Å². The Hall–Kier alpha value is -1.67. The van der Waals surface area contributed by atoms with Crippen molar-refractivity contribution in [2.45, 2.75) is 32.4 Å². The molecule has 8 nitrogen and oxygen atoms in total. The highest BCUT2D eigenvalue weighted by Gasteiger charge is 2.43. The molecule has 1 unspecified atom stereocenters. The molecule has 1 atom stereocenters. The second-order valence-electron chi connectivity index (χ2n) is 5.59. The van der Waals surface area contributed by atoms with Crippen LogP contribution in [0, 0.1) is 17.0 Å². The summed E-state index contributed by atoms with van der Waals surface area (Å²) in [5.41, 5.74) is 0.232. The van der Waals surface area contributed by atoms with Gasteiger partial charge in [0.1, 0.15) is 11.3 Å². The summed E-state index contributed by atoms with van der Waals surface area (Å²) in [6, 6.07) is 0. The quantitative estimate of drug-likeness (QED) is 0.614. The predicted octanol–water partition coefficient (Wildman–Crippen LogP) is 1.12. The minimum atomic E-state index is -0.336. The maximum absolute atomic E-state index is 11.4. The Morgan fingerprint density at radius 1 is 1.48 bits per heavy atom. The summed E-state index contributed by atoms with van der Waals surface area (Å²) in [5.74, 6) is 0.592. The third-order valence-corrected chi connectivity index (χ3v) is 4.17. The van der Waals surface area contributed by atoms with Gasteiger partial charge in [-0.1, -0.05) is 0 Å². The Morgan fingerprint density at radius 3 is 2.90 bits per heavy atom. The maximum Gasteiger partial charge on any atom is 0.333 e. The highest BCUT2D eigenvalue weighted by molar-refractivity contribution is 5.61. The van der Waals surface area contributed by atoms with Crippen LogP contribution in [0.15, 0.2) is 0 Å². The Morgan fingerprint density at radius 2 is 2.29 bits per heavy atom. The van der Waals surface area contributed by atoms with E-state index in [1.807, 2.05) is 11.8 Å². The fourth-order valence-electron chi connectivity index (χ4n) is 3.16. The van der Waals surface area contributed by atoms with Crippen LogP contribution in [0.1, 0.15) is 19.0 Å². The molecule has 2 aliphatic heterocycles. The largest absolute Gasteiger partial charge is 0.378 e. The van der Waals surface area contributed by atoms with Crippen LogP contribution in [0.25, 0.3) is 0 Å². The average Bonchev–Trinajstić information content (AvgIpc) is 3.03. The first kappa shape index (κ1) is 14.3. The molecule has 1 aromatic rings. The second-order valence-corrected chi connectivity index (χ2v) is 5.59. The van der Waals surface area contributed by atoms with Crippen molar-refractivity contribution in [2.75, 3.05) is 37.8 Å². The Balaban J connectivity index is 1.97. The van der Waals surface area contributed by atoms with Crippen LogP contribution in [-0.2, 0) is 16.0 Å². The summed E-state index contributed by atoms with van der Waals surface area (Å²) in [6.45, 7) is 7.25. The minimum absolute atomic E-state index is 0.104. The number of hydrogen-bond acceptors (Lipinski definition) is 6. The zero-order valence-corrected chi connectivity index (χ0v) is 12.4. The van der Waals surface area contributed by atoms with E-state index in [9.17, 15) is 10.1 Å². The average molecular weight is 296 g/mol. The topological polar surface area (TPSA) is 82.7 Å². The Kier molecular flexibility index (Phi) is 3.58. The van der Waals surface area contributed by atoms with E-state index in [0.717, 1.165) is 6.42 Å². The number of aromatic nitrogens is 2. The highest BCUT2D eigenvalue weighted by Crippen LogP contribution is 2.36.